The number of aliphatic hydroxyl groups excluding tert-OH is 1. The monoisotopic (exact) mass is 173 g/mol. The molecule has 1 amide bonds. The molecule has 0 aromatic carbocycles. The van der Waals surface area contributed by atoms with Crippen LogP contribution in [0.25, 0.3) is 0 Å². The summed E-state index contributed by atoms with van der Waals surface area (Å²) in [5.41, 5.74) is -0.325. The summed E-state index contributed by atoms with van der Waals surface area (Å²) >= 11 is 0. The Morgan fingerprint density at radius 2 is 2.08 bits per heavy atom. The highest BCUT2D eigenvalue weighted by atomic mass is 16.3. The molecule has 0 radical (unpaired) electrons. The molecule has 0 unspecified atom stereocenters. The van der Waals surface area contributed by atoms with Gasteiger partial charge in [0.25, 0.3) is 0 Å². The number of aliphatic hydroxyl groups is 1. The maximum Gasteiger partial charge on any atom is 0.225 e. The normalized spacial score (nSPS) is 14.1. The second-order valence-corrected chi connectivity index (χ2v) is 3.80. The summed E-state index contributed by atoms with van der Waals surface area (Å²) in [5.74, 6) is 0.00546. The van der Waals surface area contributed by atoms with Gasteiger partial charge < -0.3 is 10.4 Å². The second kappa shape index (κ2) is 4.45. The maximum absolute atomic E-state index is 11.4. The second-order valence-electron chi connectivity index (χ2n) is 3.80. The quantitative estimate of drug-likeness (QED) is 0.664. The Hall–Kier alpha value is -0.570. The SMILES string of the molecule is CCC(C)(C)C(=O)NC[C@@H](C)O. The molecule has 72 valence electrons. The molecule has 0 saturated carbocycles. The minimum Gasteiger partial charge on any atom is -0.392 e. The number of carbonyl (C=O) groups is 1. The van der Waals surface area contributed by atoms with Crippen LogP contribution in [0.4, 0.5) is 0 Å². The van der Waals surface area contributed by atoms with Crippen molar-refractivity contribution in [1.82, 2.24) is 5.32 Å². The molecule has 0 aromatic rings. The van der Waals surface area contributed by atoms with E-state index in [2.05, 4.69) is 5.32 Å². The molecule has 0 rings (SSSR count). The van der Waals surface area contributed by atoms with Gasteiger partial charge in [0, 0.05) is 12.0 Å². The number of nitrogens with one attached hydrogen (secondary N) is 1. The van der Waals surface area contributed by atoms with E-state index in [9.17, 15) is 4.79 Å². The first-order chi connectivity index (χ1) is 5.40. The summed E-state index contributed by atoms with van der Waals surface area (Å²) in [6.07, 6.45) is 0.333. The first-order valence-electron chi connectivity index (χ1n) is 4.36. The molecule has 0 aliphatic heterocycles. The van der Waals surface area contributed by atoms with Crippen LogP contribution in [-0.4, -0.2) is 23.7 Å². The lowest BCUT2D eigenvalue weighted by molar-refractivity contribution is -0.129. The molecule has 0 spiro atoms. The van der Waals surface area contributed by atoms with E-state index in [4.69, 9.17) is 5.11 Å². The fourth-order valence-corrected chi connectivity index (χ4v) is 0.640. The van der Waals surface area contributed by atoms with Crippen molar-refractivity contribution < 1.29 is 9.90 Å². The van der Waals surface area contributed by atoms with Gasteiger partial charge in [0.05, 0.1) is 6.10 Å². The average molecular weight is 173 g/mol. The standard InChI is InChI=1S/C9H19NO2/c1-5-9(3,4)8(12)10-6-7(2)11/h7,11H,5-6H2,1-4H3,(H,10,12)/t7-/m1/s1. The molecule has 0 fully saturated rings. The molecule has 3 nitrogen and oxygen atoms in total. The van der Waals surface area contributed by atoms with Gasteiger partial charge >= 0.3 is 0 Å². The Kier molecular flexibility index (Phi) is 4.24. The number of carbonyl (C=O) groups excluding carboxylic acids is 1. The van der Waals surface area contributed by atoms with Gasteiger partial charge in [-0.25, -0.2) is 0 Å². The number of hydrogen-bond donors (Lipinski definition) is 2. The maximum atomic E-state index is 11.4. The molecule has 0 aliphatic rings. The molecule has 12 heavy (non-hydrogen) atoms. The Morgan fingerprint density at radius 3 is 2.42 bits per heavy atom. The summed E-state index contributed by atoms with van der Waals surface area (Å²) in [5, 5.41) is 11.6. The zero-order valence-corrected chi connectivity index (χ0v) is 8.35. The van der Waals surface area contributed by atoms with Crippen LogP contribution >= 0.6 is 0 Å². The van der Waals surface area contributed by atoms with Crippen molar-refractivity contribution in [3.05, 3.63) is 0 Å². The number of hydrogen-bond acceptors (Lipinski definition) is 2. The number of amides is 1. The van der Waals surface area contributed by atoms with Crippen molar-refractivity contribution >= 4 is 5.91 Å². The number of rotatable bonds is 4. The van der Waals surface area contributed by atoms with Crippen LogP contribution in [0.2, 0.25) is 0 Å². The predicted octanol–water partition coefficient (Wildman–Crippen LogP) is 0.920. The van der Waals surface area contributed by atoms with E-state index in [1.165, 1.54) is 0 Å². The Bertz CT molecular complexity index is 153. The predicted molar refractivity (Wildman–Crippen MR) is 48.8 cm³/mol. The lowest BCUT2D eigenvalue weighted by atomic mass is 9.89. The Labute approximate surface area is 74.2 Å². The molecular formula is C9H19NO2. The van der Waals surface area contributed by atoms with Gasteiger partial charge in [0.2, 0.25) is 5.91 Å². The zero-order valence-electron chi connectivity index (χ0n) is 8.35. The first-order valence-corrected chi connectivity index (χ1v) is 4.36. The fraction of sp³-hybridized carbons (Fsp3) is 0.889. The van der Waals surface area contributed by atoms with Crippen molar-refractivity contribution in [1.29, 1.82) is 0 Å². The first kappa shape index (κ1) is 11.4. The van der Waals surface area contributed by atoms with Gasteiger partial charge in [-0.05, 0) is 13.3 Å². The summed E-state index contributed by atoms with van der Waals surface area (Å²) in [7, 11) is 0. The summed E-state index contributed by atoms with van der Waals surface area (Å²) in [6.45, 7) is 7.75. The van der Waals surface area contributed by atoms with Crippen LogP contribution in [0.5, 0.6) is 0 Å². The van der Waals surface area contributed by atoms with Crippen LogP contribution in [0.3, 0.4) is 0 Å². The van der Waals surface area contributed by atoms with Gasteiger partial charge in [-0.1, -0.05) is 20.8 Å². The minimum absolute atomic E-state index is 0.00546. The fourth-order valence-electron chi connectivity index (χ4n) is 0.640. The highest BCUT2D eigenvalue weighted by Crippen LogP contribution is 2.19. The average Bonchev–Trinajstić information content (AvgIpc) is 2.00. The van der Waals surface area contributed by atoms with Gasteiger partial charge in [-0.3, -0.25) is 4.79 Å². The van der Waals surface area contributed by atoms with Crippen molar-refractivity contribution in [2.75, 3.05) is 6.54 Å². The lowest BCUT2D eigenvalue weighted by Crippen LogP contribution is -2.39. The molecule has 0 aliphatic carbocycles. The van der Waals surface area contributed by atoms with Crippen LogP contribution < -0.4 is 5.32 Å². The summed E-state index contributed by atoms with van der Waals surface area (Å²) < 4.78 is 0. The largest absolute Gasteiger partial charge is 0.392 e. The Morgan fingerprint density at radius 1 is 1.58 bits per heavy atom. The molecule has 2 N–H and O–H groups in total. The summed E-state index contributed by atoms with van der Waals surface area (Å²) in [4.78, 5) is 11.4. The third kappa shape index (κ3) is 3.72. The van der Waals surface area contributed by atoms with E-state index in [0.717, 1.165) is 6.42 Å². The van der Waals surface area contributed by atoms with Crippen molar-refractivity contribution in [2.24, 2.45) is 5.41 Å². The van der Waals surface area contributed by atoms with Crippen molar-refractivity contribution in [3.63, 3.8) is 0 Å². The lowest BCUT2D eigenvalue weighted by Gasteiger charge is -2.21. The third-order valence-electron chi connectivity index (χ3n) is 2.06. The molecule has 0 aromatic heterocycles. The molecule has 0 saturated heterocycles. The molecule has 1 atom stereocenters. The minimum atomic E-state index is -0.471. The van der Waals surface area contributed by atoms with E-state index in [1.54, 1.807) is 6.92 Å². The van der Waals surface area contributed by atoms with Crippen LogP contribution in [0, 0.1) is 5.41 Å². The van der Waals surface area contributed by atoms with E-state index in [1.807, 2.05) is 20.8 Å². The van der Waals surface area contributed by atoms with E-state index in [-0.39, 0.29) is 11.3 Å². The third-order valence-corrected chi connectivity index (χ3v) is 2.06. The topological polar surface area (TPSA) is 49.3 Å². The Balaban J connectivity index is 3.88. The van der Waals surface area contributed by atoms with Gasteiger partial charge in [-0.2, -0.15) is 0 Å². The summed E-state index contributed by atoms with van der Waals surface area (Å²) in [6, 6.07) is 0. The van der Waals surface area contributed by atoms with Crippen molar-refractivity contribution in [3.8, 4) is 0 Å². The van der Waals surface area contributed by atoms with Gasteiger partial charge in [0.1, 0.15) is 0 Å². The van der Waals surface area contributed by atoms with E-state index >= 15 is 0 Å². The van der Waals surface area contributed by atoms with Crippen LogP contribution in [0.1, 0.15) is 34.1 Å². The van der Waals surface area contributed by atoms with E-state index < -0.39 is 6.10 Å². The van der Waals surface area contributed by atoms with Gasteiger partial charge in [-0.15, -0.1) is 0 Å². The highest BCUT2D eigenvalue weighted by Gasteiger charge is 2.24. The molecular weight excluding hydrogens is 154 g/mol. The molecule has 0 bridgehead atoms. The molecule has 0 heterocycles. The highest BCUT2D eigenvalue weighted by molar-refractivity contribution is 5.81. The van der Waals surface area contributed by atoms with Crippen LogP contribution in [0.15, 0.2) is 0 Å². The zero-order chi connectivity index (χ0) is 9.78. The van der Waals surface area contributed by atoms with Gasteiger partial charge in [0.15, 0.2) is 0 Å². The van der Waals surface area contributed by atoms with E-state index in [0.29, 0.717) is 6.54 Å². The smallest absolute Gasteiger partial charge is 0.225 e. The van der Waals surface area contributed by atoms with Crippen LogP contribution in [-0.2, 0) is 4.79 Å². The van der Waals surface area contributed by atoms with Crippen molar-refractivity contribution in [2.45, 2.75) is 40.2 Å². The molecule has 3 heteroatoms.